The Labute approximate surface area is 171 Å². The Morgan fingerprint density at radius 2 is 1.82 bits per heavy atom. The van der Waals surface area contributed by atoms with Gasteiger partial charge in [0.2, 0.25) is 0 Å². The van der Waals surface area contributed by atoms with E-state index < -0.39 is 11.7 Å². The van der Waals surface area contributed by atoms with E-state index >= 15 is 0 Å². The lowest BCUT2D eigenvalue weighted by molar-refractivity contribution is -0.137. The average Bonchev–Trinajstić information content (AvgIpc) is 3.03. The highest BCUT2D eigenvalue weighted by Gasteiger charge is 2.30. The Balaban J connectivity index is 1.69. The smallest absolute Gasteiger partial charge is 0.416 e. The van der Waals surface area contributed by atoms with Crippen LogP contribution < -0.4 is 14.8 Å². The molecule has 0 aliphatic heterocycles. The van der Waals surface area contributed by atoms with Gasteiger partial charge < -0.3 is 14.8 Å². The Kier molecular flexibility index (Phi) is 5.95. The Bertz CT molecular complexity index is 987. The molecule has 1 N–H and O–H groups in total. The van der Waals surface area contributed by atoms with Crippen LogP contribution in [-0.4, -0.2) is 13.0 Å². The Morgan fingerprint density at radius 1 is 1.11 bits per heavy atom. The standard InChI is InChI=1S/C19H13BrF3NO3S/c1-26-16-15(20)10-28-17(16)18(25)24-12-5-7-13(8-6-12)27-14-4-2-3-11(9-14)19(21,22)23/h2-10H,1H3,(H,24,25). The molecule has 4 nitrogen and oxygen atoms in total. The molecule has 0 fully saturated rings. The fourth-order valence-electron chi connectivity index (χ4n) is 2.34. The van der Waals surface area contributed by atoms with Crippen LogP contribution in [0.2, 0.25) is 0 Å². The highest BCUT2D eigenvalue weighted by molar-refractivity contribution is 9.10. The minimum Gasteiger partial charge on any atom is -0.494 e. The zero-order chi connectivity index (χ0) is 20.3. The first kappa shape index (κ1) is 20.2. The van der Waals surface area contributed by atoms with Gasteiger partial charge >= 0.3 is 6.18 Å². The summed E-state index contributed by atoms with van der Waals surface area (Å²) in [6, 6.07) is 10.9. The highest BCUT2D eigenvalue weighted by Crippen LogP contribution is 2.36. The minimum absolute atomic E-state index is 0.0692. The summed E-state index contributed by atoms with van der Waals surface area (Å²) in [5, 5.41) is 4.48. The van der Waals surface area contributed by atoms with Gasteiger partial charge in [-0.1, -0.05) is 6.07 Å². The lowest BCUT2D eigenvalue weighted by atomic mass is 10.2. The largest absolute Gasteiger partial charge is 0.494 e. The van der Waals surface area contributed by atoms with E-state index in [9.17, 15) is 18.0 Å². The Hall–Kier alpha value is -2.52. The topological polar surface area (TPSA) is 47.6 Å². The van der Waals surface area contributed by atoms with Crippen LogP contribution in [0.5, 0.6) is 17.2 Å². The van der Waals surface area contributed by atoms with Crippen LogP contribution in [0, 0.1) is 0 Å². The molecule has 0 aliphatic carbocycles. The highest BCUT2D eigenvalue weighted by atomic mass is 79.9. The van der Waals surface area contributed by atoms with Crippen molar-refractivity contribution >= 4 is 38.9 Å². The number of rotatable bonds is 5. The third-order valence-electron chi connectivity index (χ3n) is 3.62. The second-order valence-corrected chi connectivity index (χ2v) is 7.29. The Morgan fingerprint density at radius 3 is 2.46 bits per heavy atom. The molecule has 0 unspecified atom stereocenters. The van der Waals surface area contributed by atoms with E-state index in [0.717, 1.165) is 12.1 Å². The van der Waals surface area contributed by atoms with E-state index in [2.05, 4.69) is 21.2 Å². The van der Waals surface area contributed by atoms with E-state index in [-0.39, 0.29) is 11.7 Å². The molecule has 0 bridgehead atoms. The molecular weight excluding hydrogens is 459 g/mol. The van der Waals surface area contributed by atoms with Gasteiger partial charge in [0.25, 0.3) is 5.91 Å². The quantitative estimate of drug-likeness (QED) is 0.456. The van der Waals surface area contributed by atoms with Crippen LogP contribution in [-0.2, 0) is 6.18 Å². The van der Waals surface area contributed by atoms with Crippen LogP contribution in [0.25, 0.3) is 0 Å². The van der Waals surface area contributed by atoms with Crippen LogP contribution >= 0.6 is 27.3 Å². The molecule has 146 valence electrons. The molecule has 0 radical (unpaired) electrons. The minimum atomic E-state index is -4.44. The van der Waals surface area contributed by atoms with Gasteiger partial charge in [0.1, 0.15) is 16.4 Å². The molecule has 0 aliphatic rings. The van der Waals surface area contributed by atoms with E-state index in [1.165, 1.54) is 30.6 Å². The van der Waals surface area contributed by atoms with Gasteiger partial charge in [0, 0.05) is 11.1 Å². The van der Waals surface area contributed by atoms with Crippen LogP contribution in [0.15, 0.2) is 58.4 Å². The molecule has 0 saturated heterocycles. The molecular formula is C19H13BrF3NO3S. The van der Waals surface area contributed by atoms with Gasteiger partial charge in [0.05, 0.1) is 17.1 Å². The first-order valence-electron chi connectivity index (χ1n) is 7.85. The molecule has 0 spiro atoms. The van der Waals surface area contributed by atoms with Crippen molar-refractivity contribution in [2.45, 2.75) is 6.18 Å². The first-order chi connectivity index (χ1) is 13.3. The summed E-state index contributed by atoms with van der Waals surface area (Å²) in [4.78, 5) is 12.8. The molecule has 9 heteroatoms. The number of alkyl halides is 3. The van der Waals surface area contributed by atoms with Crippen molar-refractivity contribution in [3.8, 4) is 17.2 Å². The number of hydrogen-bond donors (Lipinski definition) is 1. The van der Waals surface area contributed by atoms with Crippen molar-refractivity contribution < 1.29 is 27.4 Å². The first-order valence-corrected chi connectivity index (χ1v) is 9.52. The normalized spacial score (nSPS) is 11.2. The molecule has 28 heavy (non-hydrogen) atoms. The number of carbonyl (C=O) groups is 1. The lowest BCUT2D eigenvalue weighted by Crippen LogP contribution is -2.11. The summed E-state index contributed by atoms with van der Waals surface area (Å²) in [6.07, 6.45) is -4.44. The molecule has 0 saturated carbocycles. The number of ether oxygens (including phenoxy) is 2. The maximum Gasteiger partial charge on any atom is 0.416 e. The van der Waals surface area contributed by atoms with Crippen LogP contribution in [0.4, 0.5) is 18.9 Å². The summed E-state index contributed by atoms with van der Waals surface area (Å²) >= 11 is 4.54. The van der Waals surface area contributed by atoms with Gasteiger partial charge in [-0.05, 0) is 58.4 Å². The number of halogens is 4. The van der Waals surface area contributed by atoms with Crippen molar-refractivity contribution in [3.63, 3.8) is 0 Å². The van der Waals surface area contributed by atoms with Gasteiger partial charge in [-0.2, -0.15) is 13.2 Å². The maximum atomic E-state index is 12.8. The van der Waals surface area contributed by atoms with Crippen molar-refractivity contribution in [3.05, 3.63) is 68.8 Å². The number of benzene rings is 2. The van der Waals surface area contributed by atoms with Crippen molar-refractivity contribution in [1.29, 1.82) is 0 Å². The molecule has 1 amide bonds. The summed E-state index contributed by atoms with van der Waals surface area (Å²) in [7, 11) is 1.48. The maximum absolute atomic E-state index is 12.8. The average molecular weight is 472 g/mol. The molecule has 1 aromatic heterocycles. The fraction of sp³-hybridized carbons (Fsp3) is 0.105. The number of carbonyl (C=O) groups excluding carboxylic acids is 1. The molecule has 1 heterocycles. The number of thiophene rings is 1. The van der Waals surface area contributed by atoms with Gasteiger partial charge in [-0.25, -0.2) is 0 Å². The lowest BCUT2D eigenvalue weighted by Gasteiger charge is -2.11. The van der Waals surface area contributed by atoms with Gasteiger partial charge in [-0.15, -0.1) is 11.3 Å². The summed E-state index contributed by atoms with van der Waals surface area (Å²) in [5.74, 6) is 0.527. The van der Waals surface area contributed by atoms with Gasteiger partial charge in [-0.3, -0.25) is 4.79 Å². The van der Waals surface area contributed by atoms with E-state index in [1.807, 2.05) is 0 Å². The SMILES string of the molecule is COc1c(Br)csc1C(=O)Nc1ccc(Oc2cccc(C(F)(F)F)c2)cc1. The van der Waals surface area contributed by atoms with E-state index in [4.69, 9.17) is 9.47 Å². The second-order valence-electron chi connectivity index (χ2n) is 5.55. The van der Waals surface area contributed by atoms with Crippen molar-refractivity contribution in [1.82, 2.24) is 0 Å². The summed E-state index contributed by atoms with van der Waals surface area (Å²) in [5.41, 5.74) is -0.280. The third kappa shape index (κ3) is 4.66. The summed E-state index contributed by atoms with van der Waals surface area (Å²) < 4.78 is 49.7. The molecule has 0 atom stereocenters. The number of anilines is 1. The zero-order valence-corrected chi connectivity index (χ0v) is 16.7. The third-order valence-corrected chi connectivity index (χ3v) is 5.48. The number of amides is 1. The number of nitrogens with one attached hydrogen (secondary N) is 1. The van der Waals surface area contributed by atoms with Crippen LogP contribution in [0.1, 0.15) is 15.2 Å². The molecule has 3 aromatic rings. The number of methoxy groups -OCH3 is 1. The van der Waals surface area contributed by atoms with Gasteiger partial charge in [0.15, 0.2) is 5.75 Å². The predicted molar refractivity (Wildman–Crippen MR) is 104 cm³/mol. The summed E-state index contributed by atoms with van der Waals surface area (Å²) in [6.45, 7) is 0. The number of hydrogen-bond acceptors (Lipinski definition) is 4. The fourth-order valence-corrected chi connectivity index (χ4v) is 3.90. The van der Waals surface area contributed by atoms with Crippen molar-refractivity contribution in [2.24, 2.45) is 0 Å². The monoisotopic (exact) mass is 471 g/mol. The van der Waals surface area contributed by atoms with Crippen molar-refractivity contribution in [2.75, 3.05) is 12.4 Å². The predicted octanol–water partition coefficient (Wildman–Crippen LogP) is 6.58. The molecule has 3 rings (SSSR count). The van der Waals surface area contributed by atoms with E-state index in [1.54, 1.807) is 29.6 Å². The van der Waals surface area contributed by atoms with Crippen LogP contribution in [0.3, 0.4) is 0 Å². The molecule has 2 aromatic carbocycles. The zero-order valence-electron chi connectivity index (χ0n) is 14.3. The van der Waals surface area contributed by atoms with E-state index in [0.29, 0.717) is 26.5 Å². The second kappa shape index (κ2) is 8.24.